The lowest BCUT2D eigenvalue weighted by molar-refractivity contribution is -0.0327. The van der Waals surface area contributed by atoms with E-state index in [4.69, 9.17) is 0 Å². The molecule has 0 aliphatic rings. The Morgan fingerprint density at radius 1 is 0.857 bits per heavy atom. The molecule has 0 heterocycles. The van der Waals surface area contributed by atoms with Crippen LogP contribution < -0.4 is 5.32 Å². The first-order chi connectivity index (χ1) is 10.0. The molecule has 0 aromatic heterocycles. The zero-order valence-electron chi connectivity index (χ0n) is 11.4. The van der Waals surface area contributed by atoms with Crippen molar-refractivity contribution in [2.24, 2.45) is 0 Å². The van der Waals surface area contributed by atoms with Crippen molar-refractivity contribution in [3.05, 3.63) is 60.2 Å². The van der Waals surface area contributed by atoms with Crippen molar-refractivity contribution >= 4 is 11.8 Å². The number of thioether (sulfide) groups is 1. The molecule has 0 unspecified atom stereocenters. The van der Waals surface area contributed by atoms with Gasteiger partial charge in [0.15, 0.2) is 0 Å². The second-order valence-electron chi connectivity index (χ2n) is 4.53. The summed E-state index contributed by atoms with van der Waals surface area (Å²) < 4.78 is 35.8. The summed E-state index contributed by atoms with van der Waals surface area (Å²) in [5, 5.41) is 3.01. The molecule has 112 valence electrons. The molecule has 0 aliphatic heterocycles. The lowest BCUT2D eigenvalue weighted by atomic mass is 10.0. The van der Waals surface area contributed by atoms with E-state index in [2.05, 4.69) is 5.32 Å². The molecule has 0 saturated carbocycles. The van der Waals surface area contributed by atoms with Crippen LogP contribution in [0.2, 0.25) is 0 Å². The van der Waals surface area contributed by atoms with Crippen LogP contribution in [-0.4, -0.2) is 17.8 Å². The number of benzene rings is 2. The molecule has 1 nitrogen and oxygen atoms in total. The quantitative estimate of drug-likeness (QED) is 0.776. The van der Waals surface area contributed by atoms with E-state index in [9.17, 15) is 13.2 Å². The maximum absolute atomic E-state index is 11.9. The lowest BCUT2D eigenvalue weighted by Crippen LogP contribution is -2.18. The minimum absolute atomic E-state index is 0.00594. The van der Waals surface area contributed by atoms with Crippen molar-refractivity contribution in [1.82, 2.24) is 5.32 Å². The summed E-state index contributed by atoms with van der Waals surface area (Å²) in [5.41, 5.74) is -0.795. The zero-order valence-corrected chi connectivity index (χ0v) is 12.2. The molecule has 21 heavy (non-hydrogen) atoms. The standard InChI is InChI=1S/C16H16F3NS/c17-16(18,19)21-11-10-20-12-13-6-8-15(9-7-13)14-4-2-1-3-5-14/h1-9,20H,10-12H2. The number of halogens is 3. The molecule has 2 aromatic rings. The summed E-state index contributed by atoms with van der Waals surface area (Å²) in [6.45, 7) is 0.915. The predicted octanol–water partition coefficient (Wildman–Crippen LogP) is 4.70. The molecule has 0 amide bonds. The van der Waals surface area contributed by atoms with Crippen molar-refractivity contribution < 1.29 is 13.2 Å². The van der Waals surface area contributed by atoms with Crippen LogP contribution in [0.1, 0.15) is 5.56 Å². The van der Waals surface area contributed by atoms with Gasteiger partial charge in [-0.1, -0.05) is 54.6 Å². The van der Waals surface area contributed by atoms with Crippen LogP contribution in [0.25, 0.3) is 11.1 Å². The summed E-state index contributed by atoms with van der Waals surface area (Å²) >= 11 is 0.00594. The second kappa shape index (κ2) is 7.52. The van der Waals surface area contributed by atoms with Gasteiger partial charge in [0.2, 0.25) is 0 Å². The maximum atomic E-state index is 11.9. The summed E-state index contributed by atoms with van der Waals surface area (Å²) in [7, 11) is 0. The third kappa shape index (κ3) is 5.81. The fourth-order valence-corrected chi connectivity index (χ4v) is 2.40. The molecule has 0 saturated heterocycles. The van der Waals surface area contributed by atoms with Crippen LogP contribution in [0.3, 0.4) is 0 Å². The van der Waals surface area contributed by atoms with Gasteiger partial charge in [-0.25, -0.2) is 0 Å². The Labute approximate surface area is 126 Å². The zero-order chi connectivity index (χ0) is 15.1. The average molecular weight is 311 g/mol. The largest absolute Gasteiger partial charge is 0.441 e. The molecule has 0 spiro atoms. The van der Waals surface area contributed by atoms with Crippen LogP contribution in [0.15, 0.2) is 54.6 Å². The van der Waals surface area contributed by atoms with Gasteiger partial charge in [0.1, 0.15) is 0 Å². The Hall–Kier alpha value is -1.46. The van der Waals surface area contributed by atoms with Gasteiger partial charge >= 0.3 is 5.51 Å². The highest BCUT2D eigenvalue weighted by atomic mass is 32.2. The van der Waals surface area contributed by atoms with E-state index in [1.165, 1.54) is 0 Å². The maximum Gasteiger partial charge on any atom is 0.441 e. The van der Waals surface area contributed by atoms with Gasteiger partial charge in [-0.05, 0) is 28.5 Å². The minimum atomic E-state index is -4.14. The molecule has 1 N–H and O–H groups in total. The number of nitrogens with one attached hydrogen (secondary N) is 1. The van der Waals surface area contributed by atoms with Crippen LogP contribution in [-0.2, 0) is 6.54 Å². The topological polar surface area (TPSA) is 12.0 Å². The van der Waals surface area contributed by atoms with Gasteiger partial charge in [-0.2, -0.15) is 13.2 Å². The van der Waals surface area contributed by atoms with Crippen molar-refractivity contribution in [3.8, 4) is 11.1 Å². The third-order valence-electron chi connectivity index (χ3n) is 2.93. The number of rotatable bonds is 6. The SMILES string of the molecule is FC(F)(F)SCCNCc1ccc(-c2ccccc2)cc1. The van der Waals surface area contributed by atoms with Gasteiger partial charge in [-0.3, -0.25) is 0 Å². The molecule has 2 aromatic carbocycles. The molecule has 2 rings (SSSR count). The van der Waals surface area contributed by atoms with Crippen LogP contribution in [0, 0.1) is 0 Å². The molecular weight excluding hydrogens is 295 g/mol. The van der Waals surface area contributed by atoms with Gasteiger partial charge in [0.05, 0.1) is 0 Å². The van der Waals surface area contributed by atoms with E-state index in [0.29, 0.717) is 13.1 Å². The van der Waals surface area contributed by atoms with Gasteiger partial charge in [-0.15, -0.1) is 0 Å². The van der Waals surface area contributed by atoms with Crippen LogP contribution >= 0.6 is 11.8 Å². The average Bonchev–Trinajstić information content (AvgIpc) is 2.47. The highest BCUT2D eigenvalue weighted by Crippen LogP contribution is 2.29. The molecule has 0 radical (unpaired) electrons. The van der Waals surface area contributed by atoms with Gasteiger partial charge < -0.3 is 5.32 Å². The highest BCUT2D eigenvalue weighted by Gasteiger charge is 2.27. The minimum Gasteiger partial charge on any atom is -0.312 e. The molecule has 0 fully saturated rings. The fourth-order valence-electron chi connectivity index (χ4n) is 1.92. The molecule has 5 heteroatoms. The molecular formula is C16H16F3NS. The summed E-state index contributed by atoms with van der Waals surface area (Å²) in [6, 6.07) is 18.1. The van der Waals surface area contributed by atoms with E-state index in [1.807, 2.05) is 54.6 Å². The van der Waals surface area contributed by atoms with E-state index >= 15 is 0 Å². The Morgan fingerprint density at radius 2 is 1.48 bits per heavy atom. The van der Waals surface area contributed by atoms with Crippen molar-refractivity contribution in [2.75, 3.05) is 12.3 Å². The van der Waals surface area contributed by atoms with E-state index in [1.54, 1.807) is 0 Å². The Morgan fingerprint density at radius 3 is 2.10 bits per heavy atom. The van der Waals surface area contributed by atoms with Crippen LogP contribution in [0.5, 0.6) is 0 Å². The predicted molar refractivity (Wildman–Crippen MR) is 82.1 cm³/mol. The van der Waals surface area contributed by atoms with Crippen molar-refractivity contribution in [3.63, 3.8) is 0 Å². The molecule has 0 aliphatic carbocycles. The van der Waals surface area contributed by atoms with Crippen LogP contribution in [0.4, 0.5) is 13.2 Å². The summed E-state index contributed by atoms with van der Waals surface area (Å²) in [5.74, 6) is 0.0333. The first-order valence-corrected chi connectivity index (χ1v) is 7.59. The number of hydrogen-bond donors (Lipinski definition) is 1. The molecule has 0 atom stereocenters. The first kappa shape index (κ1) is 15.9. The van der Waals surface area contributed by atoms with E-state index in [-0.39, 0.29) is 17.5 Å². The normalized spacial score (nSPS) is 11.6. The number of alkyl halides is 3. The van der Waals surface area contributed by atoms with Gasteiger partial charge in [0.25, 0.3) is 0 Å². The summed E-state index contributed by atoms with van der Waals surface area (Å²) in [6.07, 6.45) is 0. The van der Waals surface area contributed by atoms with Crippen molar-refractivity contribution in [1.29, 1.82) is 0 Å². The van der Waals surface area contributed by atoms with Gasteiger partial charge in [0, 0.05) is 18.8 Å². The Bertz CT molecular complexity index is 538. The van der Waals surface area contributed by atoms with Crippen molar-refractivity contribution in [2.45, 2.75) is 12.1 Å². The smallest absolute Gasteiger partial charge is 0.312 e. The third-order valence-corrected chi connectivity index (χ3v) is 3.67. The second-order valence-corrected chi connectivity index (χ2v) is 5.69. The lowest BCUT2D eigenvalue weighted by Gasteiger charge is -2.08. The fraction of sp³-hybridized carbons (Fsp3) is 0.250. The van der Waals surface area contributed by atoms with E-state index in [0.717, 1.165) is 16.7 Å². The number of hydrogen-bond acceptors (Lipinski definition) is 2. The Balaban J connectivity index is 1.78. The molecule has 0 bridgehead atoms. The summed E-state index contributed by atoms with van der Waals surface area (Å²) in [4.78, 5) is 0. The highest BCUT2D eigenvalue weighted by molar-refractivity contribution is 8.00. The first-order valence-electron chi connectivity index (χ1n) is 6.60. The Kier molecular flexibility index (Phi) is 5.70. The monoisotopic (exact) mass is 311 g/mol. The van der Waals surface area contributed by atoms with E-state index < -0.39 is 5.51 Å².